The number of methoxy groups -OCH3 is 1. The zero-order valence-electron chi connectivity index (χ0n) is 10.3. The Kier molecular flexibility index (Phi) is 5.29. The minimum absolute atomic E-state index is 0.398. The smallest absolute Gasteiger partial charge is 0.179 e. The van der Waals surface area contributed by atoms with E-state index in [1.165, 1.54) is 7.11 Å². The first kappa shape index (κ1) is 13.8. The van der Waals surface area contributed by atoms with Crippen LogP contribution in [-0.2, 0) is 0 Å². The summed E-state index contributed by atoms with van der Waals surface area (Å²) in [6.07, 6.45) is 1.76. The zero-order valence-corrected chi connectivity index (χ0v) is 11.1. The highest BCUT2D eigenvalue weighted by Gasteiger charge is 2.12. The van der Waals surface area contributed by atoms with Gasteiger partial charge in [-0.25, -0.2) is 0 Å². The van der Waals surface area contributed by atoms with Crippen LogP contribution in [0.3, 0.4) is 0 Å². The Balaban J connectivity index is 2.93. The van der Waals surface area contributed by atoms with Gasteiger partial charge in [-0.3, -0.25) is 4.79 Å². The van der Waals surface area contributed by atoms with Gasteiger partial charge in [-0.1, -0.05) is 31.9 Å². The van der Waals surface area contributed by atoms with Gasteiger partial charge in [0.2, 0.25) is 0 Å². The summed E-state index contributed by atoms with van der Waals surface area (Å²) in [5.74, 6) is 1.43. The third-order valence-corrected chi connectivity index (χ3v) is 2.88. The van der Waals surface area contributed by atoms with Crippen LogP contribution in [-0.4, -0.2) is 20.0 Å². The van der Waals surface area contributed by atoms with Crippen LogP contribution < -0.4 is 9.47 Å². The zero-order chi connectivity index (χ0) is 12.8. The molecule has 0 aliphatic rings. The lowest BCUT2D eigenvalue weighted by Gasteiger charge is -2.15. The molecule has 0 aliphatic carbocycles. The number of aldehydes is 1. The molecule has 0 heterocycles. The SMILES string of the molecule is CCC(C)COc1c(Cl)cc(C=O)cc1OC. The van der Waals surface area contributed by atoms with Gasteiger partial charge < -0.3 is 9.47 Å². The van der Waals surface area contributed by atoms with Gasteiger partial charge in [0.25, 0.3) is 0 Å². The van der Waals surface area contributed by atoms with Gasteiger partial charge in [0.15, 0.2) is 11.5 Å². The van der Waals surface area contributed by atoms with Crippen molar-refractivity contribution in [2.24, 2.45) is 5.92 Å². The first-order valence-corrected chi connectivity index (χ1v) is 5.95. The van der Waals surface area contributed by atoms with E-state index in [9.17, 15) is 4.79 Å². The van der Waals surface area contributed by atoms with E-state index in [1.807, 2.05) is 0 Å². The van der Waals surface area contributed by atoms with Crippen molar-refractivity contribution in [3.63, 3.8) is 0 Å². The highest BCUT2D eigenvalue weighted by atomic mass is 35.5. The average Bonchev–Trinajstić information content (AvgIpc) is 2.35. The highest BCUT2D eigenvalue weighted by molar-refractivity contribution is 6.32. The molecule has 0 spiro atoms. The van der Waals surface area contributed by atoms with Crippen molar-refractivity contribution < 1.29 is 14.3 Å². The van der Waals surface area contributed by atoms with Gasteiger partial charge in [0, 0.05) is 5.56 Å². The molecule has 0 aliphatic heterocycles. The van der Waals surface area contributed by atoms with E-state index in [4.69, 9.17) is 21.1 Å². The summed E-state index contributed by atoms with van der Waals surface area (Å²) >= 11 is 6.05. The van der Waals surface area contributed by atoms with E-state index < -0.39 is 0 Å². The molecule has 0 fully saturated rings. The fourth-order valence-corrected chi connectivity index (χ4v) is 1.57. The topological polar surface area (TPSA) is 35.5 Å². The van der Waals surface area contributed by atoms with E-state index in [0.717, 1.165) is 12.7 Å². The molecule has 17 heavy (non-hydrogen) atoms. The highest BCUT2D eigenvalue weighted by Crippen LogP contribution is 2.36. The predicted molar refractivity (Wildman–Crippen MR) is 68.3 cm³/mol. The molecular formula is C13H17ClO3. The summed E-state index contributed by atoms with van der Waals surface area (Å²) in [5.41, 5.74) is 0.475. The molecule has 4 heteroatoms. The van der Waals surface area contributed by atoms with Crippen molar-refractivity contribution in [2.45, 2.75) is 20.3 Å². The second kappa shape index (κ2) is 6.50. The number of carbonyl (C=O) groups is 1. The van der Waals surface area contributed by atoms with Gasteiger partial charge in [-0.2, -0.15) is 0 Å². The quantitative estimate of drug-likeness (QED) is 0.730. The van der Waals surface area contributed by atoms with Gasteiger partial charge in [-0.05, 0) is 18.1 Å². The molecule has 1 aromatic rings. The summed E-state index contributed by atoms with van der Waals surface area (Å²) < 4.78 is 10.8. The fraction of sp³-hybridized carbons (Fsp3) is 0.462. The van der Waals surface area contributed by atoms with Crippen LogP contribution >= 0.6 is 11.6 Å². The molecule has 0 amide bonds. The summed E-state index contributed by atoms with van der Waals surface area (Å²) in [6.45, 7) is 4.77. The molecule has 0 radical (unpaired) electrons. The number of benzene rings is 1. The minimum atomic E-state index is 0.398. The molecule has 0 saturated carbocycles. The summed E-state index contributed by atoms with van der Waals surface area (Å²) in [6, 6.07) is 3.19. The van der Waals surface area contributed by atoms with E-state index >= 15 is 0 Å². The van der Waals surface area contributed by atoms with E-state index in [1.54, 1.807) is 12.1 Å². The van der Waals surface area contributed by atoms with Crippen LogP contribution in [0, 0.1) is 5.92 Å². The van der Waals surface area contributed by atoms with E-state index in [-0.39, 0.29) is 0 Å². The molecule has 1 aromatic carbocycles. The van der Waals surface area contributed by atoms with Crippen LogP contribution in [0.5, 0.6) is 11.5 Å². The summed E-state index contributed by atoms with van der Waals surface area (Å²) in [7, 11) is 1.52. The molecule has 1 rings (SSSR count). The Bertz CT molecular complexity index is 390. The molecule has 0 bridgehead atoms. The lowest BCUT2D eigenvalue weighted by atomic mass is 10.1. The third-order valence-electron chi connectivity index (χ3n) is 2.60. The van der Waals surface area contributed by atoms with Gasteiger partial charge in [0.05, 0.1) is 18.7 Å². The molecule has 0 aromatic heterocycles. The maximum Gasteiger partial charge on any atom is 0.179 e. The van der Waals surface area contributed by atoms with Crippen molar-refractivity contribution in [3.8, 4) is 11.5 Å². The van der Waals surface area contributed by atoms with Gasteiger partial charge >= 0.3 is 0 Å². The molecule has 0 N–H and O–H groups in total. The monoisotopic (exact) mass is 256 g/mol. The number of hydrogen-bond acceptors (Lipinski definition) is 3. The molecular weight excluding hydrogens is 240 g/mol. The van der Waals surface area contributed by atoms with E-state index in [0.29, 0.717) is 34.6 Å². The van der Waals surface area contributed by atoms with Crippen molar-refractivity contribution in [2.75, 3.05) is 13.7 Å². The fourth-order valence-electron chi connectivity index (χ4n) is 1.29. The molecule has 94 valence electrons. The second-order valence-electron chi connectivity index (χ2n) is 3.98. The van der Waals surface area contributed by atoms with Crippen molar-refractivity contribution in [1.29, 1.82) is 0 Å². The third kappa shape index (κ3) is 3.63. The molecule has 1 unspecified atom stereocenters. The summed E-state index contributed by atoms with van der Waals surface area (Å²) in [5, 5.41) is 0.398. The Morgan fingerprint density at radius 2 is 2.18 bits per heavy atom. The summed E-state index contributed by atoms with van der Waals surface area (Å²) in [4.78, 5) is 10.7. The average molecular weight is 257 g/mol. The van der Waals surface area contributed by atoms with Gasteiger partial charge in [0.1, 0.15) is 6.29 Å². The predicted octanol–water partition coefficient (Wildman–Crippen LogP) is 3.59. The Hall–Kier alpha value is -1.22. The number of ether oxygens (including phenoxy) is 2. The standard InChI is InChI=1S/C13H17ClO3/c1-4-9(2)8-17-13-11(14)5-10(7-15)6-12(13)16-3/h5-7,9H,4,8H2,1-3H3. The van der Waals surface area contributed by atoms with Crippen molar-refractivity contribution in [1.82, 2.24) is 0 Å². The number of rotatable bonds is 6. The van der Waals surface area contributed by atoms with Crippen LogP contribution in [0.4, 0.5) is 0 Å². The molecule has 1 atom stereocenters. The number of hydrogen-bond donors (Lipinski definition) is 0. The first-order chi connectivity index (χ1) is 8.12. The largest absolute Gasteiger partial charge is 0.493 e. The molecule has 0 saturated heterocycles. The van der Waals surface area contributed by atoms with Crippen LogP contribution in [0.2, 0.25) is 5.02 Å². The van der Waals surface area contributed by atoms with Gasteiger partial charge in [-0.15, -0.1) is 0 Å². The minimum Gasteiger partial charge on any atom is -0.493 e. The normalized spacial score (nSPS) is 12.0. The number of halogens is 1. The van der Waals surface area contributed by atoms with Crippen LogP contribution in [0.1, 0.15) is 30.6 Å². The maximum absolute atomic E-state index is 10.7. The van der Waals surface area contributed by atoms with E-state index in [2.05, 4.69) is 13.8 Å². The van der Waals surface area contributed by atoms with Crippen LogP contribution in [0.25, 0.3) is 0 Å². The Labute approximate surface area is 107 Å². The lowest BCUT2D eigenvalue weighted by Crippen LogP contribution is -2.08. The van der Waals surface area contributed by atoms with Crippen molar-refractivity contribution in [3.05, 3.63) is 22.7 Å². The Morgan fingerprint density at radius 1 is 1.47 bits per heavy atom. The first-order valence-electron chi connectivity index (χ1n) is 5.57. The molecule has 3 nitrogen and oxygen atoms in total. The second-order valence-corrected chi connectivity index (χ2v) is 4.38. The van der Waals surface area contributed by atoms with Crippen LogP contribution in [0.15, 0.2) is 12.1 Å². The lowest BCUT2D eigenvalue weighted by molar-refractivity contribution is 0.112. The number of carbonyl (C=O) groups excluding carboxylic acids is 1. The van der Waals surface area contributed by atoms with Crippen molar-refractivity contribution >= 4 is 17.9 Å². The maximum atomic E-state index is 10.7. The Morgan fingerprint density at radius 3 is 2.71 bits per heavy atom.